The summed E-state index contributed by atoms with van der Waals surface area (Å²) < 4.78 is 19.5. The summed E-state index contributed by atoms with van der Waals surface area (Å²) in [6, 6.07) is 4.94. The quantitative estimate of drug-likeness (QED) is 0.870. The lowest BCUT2D eigenvalue weighted by atomic mass is 9.90. The first-order valence-corrected chi connectivity index (χ1v) is 8.63. The third kappa shape index (κ3) is 3.65. The Hall–Kier alpha value is -0.820. The second kappa shape index (κ2) is 7.83. The van der Waals surface area contributed by atoms with Gasteiger partial charge in [-0.3, -0.25) is 4.79 Å². The van der Waals surface area contributed by atoms with Gasteiger partial charge in [0.15, 0.2) is 0 Å². The van der Waals surface area contributed by atoms with Crippen LogP contribution in [0.2, 0.25) is 0 Å². The highest BCUT2D eigenvalue weighted by Gasteiger charge is 2.41. The monoisotopic (exact) mass is 360 g/mol. The number of amides is 1. The minimum atomic E-state index is -0.761. The number of hydrogen-bond acceptors (Lipinski definition) is 4. The van der Waals surface area contributed by atoms with Gasteiger partial charge in [0.25, 0.3) is 5.91 Å². The van der Waals surface area contributed by atoms with E-state index in [4.69, 9.17) is 4.74 Å². The van der Waals surface area contributed by atoms with Gasteiger partial charge in [0.1, 0.15) is 11.4 Å². The maximum Gasteiger partial charge on any atom is 0.252 e. The number of carbonyl (C=O) groups is 1. The Kier molecular flexibility index (Phi) is 6.31. The number of piperidine rings is 1. The van der Waals surface area contributed by atoms with E-state index >= 15 is 0 Å². The van der Waals surface area contributed by atoms with Crippen molar-refractivity contribution >= 4 is 30.1 Å². The van der Waals surface area contributed by atoms with E-state index in [0.717, 1.165) is 30.8 Å². The lowest BCUT2D eigenvalue weighted by molar-refractivity contribution is -0.147. The van der Waals surface area contributed by atoms with Crippen LogP contribution in [0.15, 0.2) is 23.1 Å². The number of methoxy groups -OCH3 is 1. The summed E-state index contributed by atoms with van der Waals surface area (Å²) in [7, 11) is 1.59. The Morgan fingerprint density at radius 2 is 2.17 bits per heavy atom. The molecule has 1 fully saturated rings. The van der Waals surface area contributed by atoms with Crippen LogP contribution in [0.4, 0.5) is 4.39 Å². The molecule has 7 heteroatoms. The van der Waals surface area contributed by atoms with Gasteiger partial charge in [-0.05, 0) is 44.0 Å². The van der Waals surface area contributed by atoms with Crippen molar-refractivity contribution in [2.24, 2.45) is 0 Å². The van der Waals surface area contributed by atoms with Crippen LogP contribution in [0.5, 0.6) is 0 Å². The summed E-state index contributed by atoms with van der Waals surface area (Å²) in [6.07, 6.45) is 2.13. The zero-order valence-electron chi connectivity index (χ0n) is 13.1. The summed E-state index contributed by atoms with van der Waals surface area (Å²) >= 11 is 1.52. The first kappa shape index (κ1) is 18.5. The maximum atomic E-state index is 13.9. The van der Waals surface area contributed by atoms with E-state index in [-0.39, 0.29) is 30.2 Å². The number of halogens is 2. The smallest absolute Gasteiger partial charge is 0.252 e. The summed E-state index contributed by atoms with van der Waals surface area (Å²) in [6.45, 7) is 1.54. The van der Waals surface area contributed by atoms with E-state index in [2.05, 4.69) is 10.6 Å². The highest BCUT2D eigenvalue weighted by atomic mass is 35.5. The molecule has 0 radical (unpaired) electrons. The fourth-order valence-corrected chi connectivity index (χ4v) is 4.32. The number of ether oxygens (including phenoxy) is 1. The fraction of sp³-hybridized carbons (Fsp3) is 0.562. The van der Waals surface area contributed by atoms with Crippen molar-refractivity contribution in [3.8, 4) is 0 Å². The van der Waals surface area contributed by atoms with Gasteiger partial charge in [0, 0.05) is 17.8 Å². The summed E-state index contributed by atoms with van der Waals surface area (Å²) in [4.78, 5) is 13.4. The number of hydrogen-bond donors (Lipinski definition) is 2. The standard InChI is InChI=1S/C16H21FN2O2S.ClH/c1-21-16(6-8-18-9-7-16)15(20)19-13-5-10-22-14-11(13)3-2-4-12(14)17;/h2-4,13,18H,5-10H2,1H3,(H,19,20);1H. The third-order valence-corrected chi connectivity index (χ3v) is 5.71. The topological polar surface area (TPSA) is 50.4 Å². The van der Waals surface area contributed by atoms with Crippen molar-refractivity contribution in [3.63, 3.8) is 0 Å². The van der Waals surface area contributed by atoms with Crippen molar-refractivity contribution in [1.82, 2.24) is 10.6 Å². The molecule has 0 bridgehead atoms. The highest BCUT2D eigenvalue weighted by Crippen LogP contribution is 2.38. The Labute approximate surface area is 146 Å². The molecule has 0 aliphatic carbocycles. The molecule has 23 heavy (non-hydrogen) atoms. The zero-order chi connectivity index (χ0) is 15.6. The Morgan fingerprint density at radius 1 is 1.43 bits per heavy atom. The minimum absolute atomic E-state index is 0. The van der Waals surface area contributed by atoms with Crippen molar-refractivity contribution in [2.75, 3.05) is 26.0 Å². The molecule has 0 spiro atoms. The summed E-state index contributed by atoms with van der Waals surface area (Å²) in [5.41, 5.74) is 0.119. The molecule has 1 unspecified atom stereocenters. The van der Waals surface area contributed by atoms with Gasteiger partial charge < -0.3 is 15.4 Å². The van der Waals surface area contributed by atoms with Crippen molar-refractivity contribution in [2.45, 2.75) is 35.8 Å². The van der Waals surface area contributed by atoms with Crippen LogP contribution in [0.3, 0.4) is 0 Å². The molecule has 3 rings (SSSR count). The molecule has 2 aliphatic heterocycles. The number of rotatable bonds is 3. The van der Waals surface area contributed by atoms with Gasteiger partial charge in [-0.1, -0.05) is 12.1 Å². The molecular formula is C16H22ClFN2O2S. The average Bonchev–Trinajstić information content (AvgIpc) is 2.56. The lowest BCUT2D eigenvalue weighted by Crippen LogP contribution is -2.54. The molecular weight excluding hydrogens is 339 g/mol. The molecule has 1 aromatic rings. The number of benzene rings is 1. The van der Waals surface area contributed by atoms with Gasteiger partial charge >= 0.3 is 0 Å². The zero-order valence-corrected chi connectivity index (χ0v) is 14.7. The van der Waals surface area contributed by atoms with E-state index in [1.807, 2.05) is 6.07 Å². The Balaban J connectivity index is 0.00000192. The van der Waals surface area contributed by atoms with E-state index in [0.29, 0.717) is 17.7 Å². The van der Waals surface area contributed by atoms with Gasteiger partial charge in [-0.25, -0.2) is 4.39 Å². The van der Waals surface area contributed by atoms with Crippen molar-refractivity contribution in [3.05, 3.63) is 29.6 Å². The summed E-state index contributed by atoms with van der Waals surface area (Å²) in [5, 5.41) is 6.33. The molecule has 1 atom stereocenters. The molecule has 1 aromatic carbocycles. The molecule has 2 aliphatic rings. The maximum absolute atomic E-state index is 13.9. The van der Waals surface area contributed by atoms with Crippen LogP contribution in [-0.2, 0) is 9.53 Å². The SMILES string of the molecule is COC1(C(=O)NC2CCSc3c(F)cccc32)CCNCC1.Cl. The highest BCUT2D eigenvalue weighted by molar-refractivity contribution is 7.99. The van der Waals surface area contributed by atoms with E-state index in [1.165, 1.54) is 17.8 Å². The van der Waals surface area contributed by atoms with Crippen LogP contribution in [0.1, 0.15) is 30.9 Å². The fourth-order valence-electron chi connectivity index (χ4n) is 3.18. The van der Waals surface area contributed by atoms with Crippen LogP contribution < -0.4 is 10.6 Å². The average molecular weight is 361 g/mol. The normalized spacial score (nSPS) is 22.6. The molecule has 1 saturated heterocycles. The van der Waals surface area contributed by atoms with Crippen LogP contribution >= 0.6 is 24.2 Å². The van der Waals surface area contributed by atoms with E-state index in [9.17, 15) is 9.18 Å². The number of nitrogens with one attached hydrogen (secondary N) is 2. The number of fused-ring (bicyclic) bond motifs is 1. The van der Waals surface area contributed by atoms with Crippen molar-refractivity contribution < 1.29 is 13.9 Å². The second-order valence-corrected chi connectivity index (χ2v) is 6.87. The van der Waals surface area contributed by atoms with Crippen molar-refractivity contribution in [1.29, 1.82) is 0 Å². The lowest BCUT2D eigenvalue weighted by Gasteiger charge is -2.37. The van der Waals surface area contributed by atoms with Crippen LogP contribution in [0, 0.1) is 5.82 Å². The van der Waals surface area contributed by atoms with E-state index < -0.39 is 5.60 Å². The van der Waals surface area contributed by atoms with Crippen LogP contribution in [0.25, 0.3) is 0 Å². The Morgan fingerprint density at radius 3 is 2.87 bits per heavy atom. The van der Waals surface area contributed by atoms with Crippen LogP contribution in [-0.4, -0.2) is 37.5 Å². The van der Waals surface area contributed by atoms with Gasteiger partial charge in [-0.15, -0.1) is 24.2 Å². The molecule has 0 saturated carbocycles. The predicted molar refractivity (Wildman–Crippen MR) is 91.7 cm³/mol. The molecule has 128 valence electrons. The predicted octanol–water partition coefficient (Wildman–Crippen LogP) is 2.67. The van der Waals surface area contributed by atoms with E-state index in [1.54, 1.807) is 13.2 Å². The first-order chi connectivity index (χ1) is 10.7. The molecule has 4 nitrogen and oxygen atoms in total. The van der Waals surface area contributed by atoms with Gasteiger partial charge in [0.05, 0.1) is 6.04 Å². The third-order valence-electron chi connectivity index (χ3n) is 4.55. The number of thioether (sulfide) groups is 1. The summed E-state index contributed by atoms with van der Waals surface area (Å²) in [5.74, 6) is 0.522. The van der Waals surface area contributed by atoms with Gasteiger partial charge in [0.2, 0.25) is 0 Å². The molecule has 2 heterocycles. The number of carbonyl (C=O) groups excluding carboxylic acids is 1. The molecule has 0 aromatic heterocycles. The molecule has 1 amide bonds. The second-order valence-electron chi connectivity index (χ2n) is 5.77. The Bertz CT molecular complexity index is 567. The van der Waals surface area contributed by atoms with Gasteiger partial charge in [-0.2, -0.15) is 0 Å². The first-order valence-electron chi connectivity index (χ1n) is 7.64. The molecule has 2 N–H and O–H groups in total. The largest absolute Gasteiger partial charge is 0.368 e. The minimum Gasteiger partial charge on any atom is -0.368 e.